The number of carbonyl (C=O) groups is 1. The molecule has 3 saturated carbocycles. The quantitative estimate of drug-likeness (QED) is 0.837. The number of carbonyl (C=O) groups excluding carboxylic acids is 1. The summed E-state index contributed by atoms with van der Waals surface area (Å²) in [4.78, 5) is 16.3. The molecule has 4 rings (SSSR count). The Morgan fingerprint density at radius 2 is 2.06 bits per heavy atom. The summed E-state index contributed by atoms with van der Waals surface area (Å²) < 4.78 is 0. The molecular weight excluding hydrogens is 246 g/mol. The van der Waals surface area contributed by atoms with Gasteiger partial charge in [0.2, 0.25) is 0 Å². The molecule has 4 unspecified atom stereocenters. The third-order valence-electron chi connectivity index (χ3n) is 5.33. The summed E-state index contributed by atoms with van der Waals surface area (Å²) in [6.07, 6.45) is 7.97. The molecule has 3 aliphatic carbocycles. The lowest BCUT2D eigenvalue weighted by atomic mass is 9.97. The fourth-order valence-electron chi connectivity index (χ4n) is 4.61. The molecule has 0 radical (unpaired) electrons. The molecule has 4 atom stereocenters. The van der Waals surface area contributed by atoms with E-state index < -0.39 is 0 Å². The molecule has 18 heavy (non-hydrogen) atoms. The van der Waals surface area contributed by atoms with Crippen LogP contribution in [0.15, 0.2) is 18.5 Å². The molecule has 0 spiro atoms. The van der Waals surface area contributed by atoms with Crippen LogP contribution in [0.3, 0.4) is 0 Å². The SMILES string of the molecule is O=C(Cc1ccncc1Cl)C1C2C3CCC(C3)C12. The van der Waals surface area contributed by atoms with Crippen LogP contribution in [0.5, 0.6) is 0 Å². The first-order chi connectivity index (χ1) is 8.75. The minimum atomic E-state index is 0.362. The Hall–Kier alpha value is -0.890. The van der Waals surface area contributed by atoms with Gasteiger partial charge in [-0.3, -0.25) is 9.78 Å². The Morgan fingerprint density at radius 1 is 1.33 bits per heavy atom. The normalized spacial score (nSPS) is 39.7. The third-order valence-corrected chi connectivity index (χ3v) is 5.67. The maximum atomic E-state index is 12.4. The second-order valence-electron chi connectivity index (χ2n) is 6.12. The van der Waals surface area contributed by atoms with E-state index in [2.05, 4.69) is 4.98 Å². The third kappa shape index (κ3) is 1.48. The molecule has 2 nitrogen and oxygen atoms in total. The summed E-state index contributed by atoms with van der Waals surface area (Å²) in [6.45, 7) is 0. The molecule has 1 aromatic heterocycles. The molecular formula is C15H16ClNO. The highest BCUT2D eigenvalue weighted by molar-refractivity contribution is 6.31. The summed E-state index contributed by atoms with van der Waals surface area (Å²) in [6, 6.07) is 1.87. The average molecular weight is 262 g/mol. The minimum Gasteiger partial charge on any atom is -0.299 e. The van der Waals surface area contributed by atoms with Crippen molar-refractivity contribution in [1.29, 1.82) is 0 Å². The highest BCUT2D eigenvalue weighted by atomic mass is 35.5. The lowest BCUT2D eigenvalue weighted by Crippen LogP contribution is -2.12. The summed E-state index contributed by atoms with van der Waals surface area (Å²) in [5.41, 5.74) is 0.939. The van der Waals surface area contributed by atoms with Gasteiger partial charge in [0.1, 0.15) is 5.78 Å². The fraction of sp³-hybridized carbons (Fsp3) is 0.600. The Morgan fingerprint density at radius 3 is 2.72 bits per heavy atom. The number of pyridine rings is 1. The number of nitrogens with zero attached hydrogens (tertiary/aromatic N) is 1. The highest BCUT2D eigenvalue weighted by Crippen LogP contribution is 2.69. The number of ketones is 1. The van der Waals surface area contributed by atoms with Crippen molar-refractivity contribution in [3.8, 4) is 0 Å². The zero-order chi connectivity index (χ0) is 12.3. The number of hydrogen-bond acceptors (Lipinski definition) is 2. The van der Waals surface area contributed by atoms with Crippen molar-refractivity contribution < 1.29 is 4.79 Å². The van der Waals surface area contributed by atoms with Crippen molar-refractivity contribution in [2.45, 2.75) is 25.7 Å². The van der Waals surface area contributed by atoms with E-state index in [1.165, 1.54) is 19.3 Å². The molecule has 1 aromatic rings. The topological polar surface area (TPSA) is 30.0 Å². The second-order valence-corrected chi connectivity index (χ2v) is 6.53. The van der Waals surface area contributed by atoms with E-state index >= 15 is 0 Å². The maximum Gasteiger partial charge on any atom is 0.140 e. The summed E-state index contributed by atoms with van der Waals surface area (Å²) in [5.74, 6) is 3.97. The molecule has 2 bridgehead atoms. The first-order valence-electron chi connectivity index (χ1n) is 6.87. The molecule has 94 valence electrons. The van der Waals surface area contributed by atoms with Gasteiger partial charge in [0.25, 0.3) is 0 Å². The van der Waals surface area contributed by atoms with Gasteiger partial charge >= 0.3 is 0 Å². The molecule has 3 fully saturated rings. The van der Waals surface area contributed by atoms with Gasteiger partial charge < -0.3 is 0 Å². The summed E-state index contributed by atoms with van der Waals surface area (Å²) in [7, 11) is 0. The van der Waals surface area contributed by atoms with Crippen LogP contribution in [0.4, 0.5) is 0 Å². The molecule has 3 heteroatoms. The number of halogens is 1. The maximum absolute atomic E-state index is 12.4. The molecule has 1 heterocycles. The number of aromatic nitrogens is 1. The Labute approximate surface area is 112 Å². The van der Waals surface area contributed by atoms with Crippen molar-refractivity contribution in [2.24, 2.45) is 29.6 Å². The van der Waals surface area contributed by atoms with E-state index in [-0.39, 0.29) is 0 Å². The van der Waals surface area contributed by atoms with Crippen LogP contribution in [0.1, 0.15) is 24.8 Å². The van der Waals surface area contributed by atoms with Gasteiger partial charge in [0.15, 0.2) is 0 Å². The molecule has 0 amide bonds. The zero-order valence-corrected chi connectivity index (χ0v) is 10.9. The zero-order valence-electron chi connectivity index (χ0n) is 10.2. The van der Waals surface area contributed by atoms with E-state index in [4.69, 9.17) is 11.6 Å². The first-order valence-corrected chi connectivity index (χ1v) is 7.24. The predicted molar refractivity (Wildman–Crippen MR) is 69.3 cm³/mol. The number of hydrogen-bond donors (Lipinski definition) is 0. The Bertz CT molecular complexity index is 499. The van der Waals surface area contributed by atoms with E-state index in [1.54, 1.807) is 12.4 Å². The first kappa shape index (κ1) is 11.0. The van der Waals surface area contributed by atoms with Gasteiger partial charge in [-0.2, -0.15) is 0 Å². The van der Waals surface area contributed by atoms with Crippen LogP contribution in [0, 0.1) is 29.6 Å². The molecule has 0 aliphatic heterocycles. The van der Waals surface area contributed by atoms with Gasteiger partial charge in [0.05, 0.1) is 5.02 Å². The van der Waals surface area contributed by atoms with Crippen LogP contribution < -0.4 is 0 Å². The monoisotopic (exact) mass is 261 g/mol. The van der Waals surface area contributed by atoms with Crippen molar-refractivity contribution in [3.05, 3.63) is 29.0 Å². The van der Waals surface area contributed by atoms with Crippen molar-refractivity contribution in [3.63, 3.8) is 0 Å². The Balaban J connectivity index is 1.48. The molecule has 0 N–H and O–H groups in total. The van der Waals surface area contributed by atoms with E-state index in [0.29, 0.717) is 23.1 Å². The van der Waals surface area contributed by atoms with Crippen LogP contribution in [0.2, 0.25) is 5.02 Å². The fourth-order valence-corrected chi connectivity index (χ4v) is 4.79. The van der Waals surface area contributed by atoms with E-state index in [0.717, 1.165) is 29.2 Å². The van der Waals surface area contributed by atoms with Gasteiger partial charge in [0, 0.05) is 24.7 Å². The lowest BCUT2D eigenvalue weighted by molar-refractivity contribution is -0.120. The number of Topliss-reactive ketones (excluding diaryl/α,β-unsaturated/α-hetero) is 1. The smallest absolute Gasteiger partial charge is 0.140 e. The van der Waals surface area contributed by atoms with Crippen molar-refractivity contribution >= 4 is 17.4 Å². The van der Waals surface area contributed by atoms with Gasteiger partial charge in [-0.15, -0.1) is 0 Å². The lowest BCUT2D eigenvalue weighted by Gasteiger charge is -2.08. The number of rotatable bonds is 3. The number of fused-ring (bicyclic) bond motifs is 5. The van der Waals surface area contributed by atoms with Crippen LogP contribution >= 0.6 is 11.6 Å². The van der Waals surface area contributed by atoms with E-state index in [1.807, 2.05) is 6.07 Å². The van der Waals surface area contributed by atoms with Crippen LogP contribution in [-0.2, 0) is 11.2 Å². The van der Waals surface area contributed by atoms with E-state index in [9.17, 15) is 4.79 Å². The van der Waals surface area contributed by atoms with Gasteiger partial charge in [-0.25, -0.2) is 0 Å². The Kier molecular flexibility index (Phi) is 2.32. The molecule has 0 aromatic carbocycles. The van der Waals surface area contributed by atoms with Crippen molar-refractivity contribution in [1.82, 2.24) is 4.98 Å². The van der Waals surface area contributed by atoms with Crippen LogP contribution in [0.25, 0.3) is 0 Å². The van der Waals surface area contributed by atoms with Gasteiger partial charge in [-0.05, 0) is 54.6 Å². The largest absolute Gasteiger partial charge is 0.299 e. The van der Waals surface area contributed by atoms with Crippen LogP contribution in [-0.4, -0.2) is 10.8 Å². The highest BCUT2D eigenvalue weighted by Gasteiger charge is 2.66. The summed E-state index contributed by atoms with van der Waals surface area (Å²) in [5, 5.41) is 0.625. The standard InChI is InChI=1S/C15H16ClNO/c16-11-7-17-4-3-8(11)6-12(18)15-13-9-1-2-10(5-9)14(13)15/h3-4,7,9-10,13-15H,1-2,5-6H2. The van der Waals surface area contributed by atoms with Gasteiger partial charge in [-0.1, -0.05) is 11.6 Å². The predicted octanol–water partition coefficient (Wildman–Crippen LogP) is 3.14. The van der Waals surface area contributed by atoms with Crippen molar-refractivity contribution in [2.75, 3.05) is 0 Å². The molecule has 0 saturated heterocycles. The second kappa shape index (κ2) is 3.80. The average Bonchev–Trinajstić information content (AvgIpc) is 2.82. The molecule has 3 aliphatic rings. The minimum absolute atomic E-state index is 0.362. The summed E-state index contributed by atoms with van der Waals surface area (Å²) >= 11 is 6.07.